The first-order valence-electron chi connectivity index (χ1n) is 13.0. The van der Waals surface area contributed by atoms with E-state index in [1.807, 2.05) is 4.98 Å². The van der Waals surface area contributed by atoms with E-state index in [9.17, 15) is 33.8 Å². The summed E-state index contributed by atoms with van der Waals surface area (Å²) in [5.41, 5.74) is -1.57. The highest BCUT2D eigenvalue weighted by Crippen LogP contribution is 2.55. The lowest BCUT2D eigenvalue weighted by atomic mass is 10.1. The molecule has 0 saturated carbocycles. The highest BCUT2D eigenvalue weighted by Gasteiger charge is 2.45. The number of nitrogens with one attached hydrogen (secondary N) is 1. The number of hydrogen-bond donors (Lipinski definition) is 6. The summed E-state index contributed by atoms with van der Waals surface area (Å²) in [6.07, 6.45) is -4.97. The van der Waals surface area contributed by atoms with E-state index >= 15 is 0 Å². The number of ether oxygens (including phenoxy) is 1. The smallest absolute Gasteiger partial charge is 0.340 e. The third-order valence-corrected chi connectivity index (χ3v) is 10.2. The minimum absolute atomic E-state index is 0.105. The number of H-pyrrole nitrogens is 1. The summed E-state index contributed by atoms with van der Waals surface area (Å²) in [4.78, 5) is 56.8. The molecule has 1 aliphatic heterocycles. The summed E-state index contributed by atoms with van der Waals surface area (Å²) < 4.78 is 33.1. The standard InChI is InChI=1S/C10H15IN2O11P2.2C6H15N/c11-4-1-13(10(17)12-8(4)16)9-7(15)6(14)5(24-9)2-23-26(21,22)3-25(18,19)20;2*1-4-7(5-2)6-3/h1,5-7,9,14-15H,2-3H2,(H,21,22)(H,12,16,17)(H2,18,19,20);2*4-6H2,1-3H3/t5-,6-,7-,9-;;/m1../s1. The van der Waals surface area contributed by atoms with Crippen LogP contribution in [0.15, 0.2) is 15.8 Å². The fourth-order valence-electron chi connectivity index (χ4n) is 3.55. The first-order valence-corrected chi connectivity index (χ1v) is 17.6. The fourth-order valence-corrected chi connectivity index (χ4v) is 6.56. The Morgan fingerprint density at radius 3 is 1.75 bits per heavy atom. The van der Waals surface area contributed by atoms with Gasteiger partial charge in [0.25, 0.3) is 5.56 Å². The van der Waals surface area contributed by atoms with Gasteiger partial charge in [0.1, 0.15) is 18.3 Å². The number of aromatic nitrogens is 2. The van der Waals surface area contributed by atoms with Crippen LogP contribution in [0.5, 0.6) is 0 Å². The van der Waals surface area contributed by atoms with E-state index in [-0.39, 0.29) is 3.57 Å². The van der Waals surface area contributed by atoms with E-state index in [2.05, 4.69) is 55.9 Å². The third kappa shape index (κ3) is 14.1. The van der Waals surface area contributed by atoms with E-state index in [1.54, 1.807) is 22.6 Å². The van der Waals surface area contributed by atoms with Crippen LogP contribution in [-0.4, -0.2) is 114 Å². The lowest BCUT2D eigenvalue weighted by molar-refractivity contribution is -0.0525. The molecule has 0 aliphatic carbocycles. The first-order chi connectivity index (χ1) is 18.5. The largest absolute Gasteiger partial charge is 0.387 e. The lowest BCUT2D eigenvalue weighted by Gasteiger charge is -2.18. The average molecular weight is 730 g/mol. The second-order valence-electron chi connectivity index (χ2n) is 8.67. The molecule has 2 rings (SSSR count). The number of hydrogen-bond acceptors (Lipinski definition) is 10. The van der Waals surface area contributed by atoms with Crippen LogP contribution >= 0.6 is 37.8 Å². The molecule has 1 aromatic rings. The molecule has 1 fully saturated rings. The zero-order valence-electron chi connectivity index (χ0n) is 23.8. The highest BCUT2D eigenvalue weighted by molar-refractivity contribution is 14.1. The molecule has 236 valence electrons. The molecule has 1 saturated heterocycles. The van der Waals surface area contributed by atoms with Crippen molar-refractivity contribution in [2.75, 3.05) is 51.8 Å². The maximum Gasteiger partial charge on any atom is 0.340 e. The van der Waals surface area contributed by atoms with Gasteiger partial charge in [-0.3, -0.25) is 23.5 Å². The Morgan fingerprint density at radius 1 is 0.925 bits per heavy atom. The molecule has 5 atom stereocenters. The predicted molar refractivity (Wildman–Crippen MR) is 160 cm³/mol. The second-order valence-corrected chi connectivity index (χ2v) is 13.8. The van der Waals surface area contributed by atoms with Gasteiger partial charge in [0, 0.05) is 6.20 Å². The van der Waals surface area contributed by atoms with Crippen LogP contribution in [0.4, 0.5) is 0 Å². The molecular weight excluding hydrogens is 685 g/mol. The number of halogens is 1. The van der Waals surface area contributed by atoms with Crippen molar-refractivity contribution in [2.24, 2.45) is 0 Å². The molecule has 1 aromatic heterocycles. The molecule has 1 unspecified atom stereocenters. The monoisotopic (exact) mass is 730 g/mol. The SMILES string of the molecule is CCN(CC)CC.CCN(CC)CC.O=c1[nH]c(=O)n([C@@H]2O[C@H](COP(=O)(O)CP(=O)(O)O)[C@@H](O)[C@H]2O)cc1I. The van der Waals surface area contributed by atoms with Gasteiger partial charge < -0.3 is 44.0 Å². The van der Waals surface area contributed by atoms with Gasteiger partial charge in [-0.25, -0.2) is 4.79 Å². The van der Waals surface area contributed by atoms with Gasteiger partial charge >= 0.3 is 20.9 Å². The summed E-state index contributed by atoms with van der Waals surface area (Å²) in [6.45, 7) is 19.5. The molecule has 40 heavy (non-hydrogen) atoms. The molecule has 1 aliphatic rings. The van der Waals surface area contributed by atoms with Crippen molar-refractivity contribution in [1.29, 1.82) is 0 Å². The van der Waals surface area contributed by atoms with Crippen LogP contribution in [-0.2, 0) is 18.4 Å². The summed E-state index contributed by atoms with van der Waals surface area (Å²) in [7, 11) is -9.50. The van der Waals surface area contributed by atoms with E-state index in [1.165, 1.54) is 39.3 Å². The Labute approximate surface area is 248 Å². The van der Waals surface area contributed by atoms with Gasteiger partial charge in [-0.15, -0.1) is 0 Å². The molecule has 0 bridgehead atoms. The van der Waals surface area contributed by atoms with Crippen molar-refractivity contribution in [3.05, 3.63) is 30.6 Å². The minimum atomic E-state index is -4.82. The molecule has 6 N–H and O–H groups in total. The maximum absolute atomic E-state index is 11.8. The average Bonchev–Trinajstić information content (AvgIpc) is 3.15. The van der Waals surface area contributed by atoms with Crippen molar-refractivity contribution in [3.63, 3.8) is 0 Å². The molecule has 0 radical (unpaired) electrons. The van der Waals surface area contributed by atoms with E-state index < -0.39 is 63.5 Å². The normalized spacial score (nSPS) is 22.4. The second kappa shape index (κ2) is 18.9. The molecule has 18 heteroatoms. The van der Waals surface area contributed by atoms with Crippen LogP contribution in [0.3, 0.4) is 0 Å². The fraction of sp³-hybridized carbons (Fsp3) is 0.818. The molecule has 0 amide bonds. The van der Waals surface area contributed by atoms with E-state index in [4.69, 9.17) is 14.5 Å². The summed E-state index contributed by atoms with van der Waals surface area (Å²) in [6, 6.07) is 0. The van der Waals surface area contributed by atoms with Crippen LogP contribution in [0.1, 0.15) is 47.8 Å². The van der Waals surface area contributed by atoms with Crippen molar-refractivity contribution >= 4 is 37.8 Å². The van der Waals surface area contributed by atoms with Gasteiger partial charge in [-0.2, -0.15) is 0 Å². The Balaban J connectivity index is 0.000000894. The topological polar surface area (TPSA) is 215 Å². The molecule has 15 nitrogen and oxygen atoms in total. The highest BCUT2D eigenvalue weighted by atomic mass is 127. The summed E-state index contributed by atoms with van der Waals surface area (Å²) in [5, 5.41) is 20.0. The Morgan fingerprint density at radius 2 is 1.38 bits per heavy atom. The van der Waals surface area contributed by atoms with Crippen molar-refractivity contribution < 1.29 is 43.3 Å². The predicted octanol–water partition coefficient (Wildman–Crippen LogP) is 0.794. The van der Waals surface area contributed by atoms with Gasteiger partial charge in [0.2, 0.25) is 0 Å². The van der Waals surface area contributed by atoms with E-state index in [0.29, 0.717) is 0 Å². The van der Waals surface area contributed by atoms with Crippen LogP contribution in [0, 0.1) is 3.57 Å². The summed E-state index contributed by atoms with van der Waals surface area (Å²) in [5.74, 6) is -1.42. The van der Waals surface area contributed by atoms with Crippen molar-refractivity contribution in [3.8, 4) is 0 Å². The number of nitrogens with zero attached hydrogens (tertiary/aromatic N) is 3. The van der Waals surface area contributed by atoms with Gasteiger partial charge in [0.15, 0.2) is 12.1 Å². The quantitative estimate of drug-likeness (QED) is 0.130. The zero-order valence-corrected chi connectivity index (χ0v) is 27.8. The van der Waals surface area contributed by atoms with Crippen LogP contribution < -0.4 is 11.2 Å². The van der Waals surface area contributed by atoms with Gasteiger partial charge in [0.05, 0.1) is 10.2 Å². The third-order valence-electron chi connectivity index (χ3n) is 6.02. The molecular formula is C22H45IN4O11P2. The number of aliphatic hydroxyl groups excluding tert-OH is 2. The van der Waals surface area contributed by atoms with Gasteiger partial charge in [-0.05, 0) is 61.9 Å². The first kappa shape index (κ1) is 39.5. The molecule has 0 spiro atoms. The Hall–Kier alpha value is -0.490. The molecule has 2 heterocycles. The van der Waals surface area contributed by atoms with Gasteiger partial charge in [-0.1, -0.05) is 41.5 Å². The minimum Gasteiger partial charge on any atom is -0.387 e. The number of aliphatic hydroxyl groups is 2. The van der Waals surface area contributed by atoms with Crippen molar-refractivity contribution in [2.45, 2.75) is 66.1 Å². The zero-order chi connectivity index (χ0) is 31.3. The Kier molecular flexibility index (Phi) is 18.7. The lowest BCUT2D eigenvalue weighted by Crippen LogP contribution is -2.38. The maximum atomic E-state index is 11.8. The van der Waals surface area contributed by atoms with Crippen LogP contribution in [0.25, 0.3) is 0 Å². The van der Waals surface area contributed by atoms with E-state index in [0.717, 1.165) is 10.8 Å². The number of aromatic amines is 1. The van der Waals surface area contributed by atoms with Crippen molar-refractivity contribution in [1.82, 2.24) is 19.4 Å². The molecule has 0 aromatic carbocycles. The van der Waals surface area contributed by atoms with Crippen LogP contribution in [0.2, 0.25) is 0 Å². The summed E-state index contributed by atoms with van der Waals surface area (Å²) >= 11 is 1.64. The number of rotatable bonds is 12. The Bertz CT molecular complexity index is 1050.